The van der Waals surface area contributed by atoms with E-state index in [2.05, 4.69) is 0 Å². The average molecular weight is 291 g/mol. The van der Waals surface area contributed by atoms with Gasteiger partial charge in [-0.3, -0.25) is 9.59 Å². The SMILES string of the molecule is COc1ccc(N)cc1C(=O)N1CCCC1C(=O)N(C)C. The summed E-state index contributed by atoms with van der Waals surface area (Å²) in [5.74, 6) is 0.206. The molecule has 0 saturated carbocycles. The van der Waals surface area contributed by atoms with Gasteiger partial charge in [0.25, 0.3) is 5.91 Å². The Hall–Kier alpha value is -2.24. The van der Waals surface area contributed by atoms with Crippen LogP contribution in [0.15, 0.2) is 18.2 Å². The predicted octanol–water partition coefficient (Wildman–Crippen LogP) is 0.970. The third-order valence-electron chi connectivity index (χ3n) is 3.69. The van der Waals surface area contributed by atoms with E-state index >= 15 is 0 Å². The topological polar surface area (TPSA) is 75.9 Å². The number of rotatable bonds is 3. The Bertz CT molecular complexity index is 557. The van der Waals surface area contributed by atoms with Crippen LogP contribution in [0.4, 0.5) is 5.69 Å². The molecule has 0 bridgehead atoms. The van der Waals surface area contributed by atoms with Crippen molar-refractivity contribution in [2.45, 2.75) is 18.9 Å². The highest BCUT2D eigenvalue weighted by molar-refractivity contribution is 6.00. The Labute approximate surface area is 124 Å². The van der Waals surface area contributed by atoms with Gasteiger partial charge >= 0.3 is 0 Å². The van der Waals surface area contributed by atoms with Gasteiger partial charge < -0.3 is 20.3 Å². The first kappa shape index (κ1) is 15.2. The number of anilines is 1. The van der Waals surface area contributed by atoms with E-state index in [-0.39, 0.29) is 11.8 Å². The summed E-state index contributed by atoms with van der Waals surface area (Å²) in [6.45, 7) is 0.570. The van der Waals surface area contributed by atoms with Crippen LogP contribution in [0.1, 0.15) is 23.2 Å². The maximum Gasteiger partial charge on any atom is 0.258 e. The van der Waals surface area contributed by atoms with Crippen molar-refractivity contribution in [1.82, 2.24) is 9.80 Å². The molecule has 6 heteroatoms. The molecule has 0 aliphatic carbocycles. The average Bonchev–Trinajstić information content (AvgIpc) is 2.94. The van der Waals surface area contributed by atoms with Crippen molar-refractivity contribution in [3.63, 3.8) is 0 Å². The van der Waals surface area contributed by atoms with Crippen LogP contribution in [-0.4, -0.2) is 55.4 Å². The first-order valence-corrected chi connectivity index (χ1v) is 6.91. The number of likely N-dealkylation sites (tertiary alicyclic amines) is 1. The Balaban J connectivity index is 2.31. The van der Waals surface area contributed by atoms with Gasteiger partial charge in [0.05, 0.1) is 12.7 Å². The minimum atomic E-state index is -0.404. The molecule has 2 N–H and O–H groups in total. The molecule has 1 atom stereocenters. The normalized spacial score (nSPS) is 17.7. The van der Waals surface area contributed by atoms with Gasteiger partial charge in [-0.25, -0.2) is 0 Å². The first-order valence-electron chi connectivity index (χ1n) is 6.91. The number of amides is 2. The fourth-order valence-electron chi connectivity index (χ4n) is 2.61. The molecule has 1 aromatic carbocycles. The van der Waals surface area contributed by atoms with Crippen LogP contribution in [-0.2, 0) is 4.79 Å². The molecule has 0 spiro atoms. The summed E-state index contributed by atoms with van der Waals surface area (Å²) in [6, 6.07) is 4.54. The molecule has 6 nitrogen and oxygen atoms in total. The second-order valence-corrected chi connectivity index (χ2v) is 5.35. The Morgan fingerprint density at radius 3 is 2.71 bits per heavy atom. The number of nitrogens with two attached hydrogens (primary N) is 1. The summed E-state index contributed by atoms with van der Waals surface area (Å²) in [5.41, 5.74) is 6.65. The van der Waals surface area contributed by atoms with Crippen molar-refractivity contribution < 1.29 is 14.3 Å². The van der Waals surface area contributed by atoms with Gasteiger partial charge in [0.15, 0.2) is 0 Å². The second kappa shape index (κ2) is 6.03. The number of carbonyl (C=O) groups excluding carboxylic acids is 2. The van der Waals surface area contributed by atoms with Crippen molar-refractivity contribution in [3.8, 4) is 5.75 Å². The second-order valence-electron chi connectivity index (χ2n) is 5.35. The third-order valence-corrected chi connectivity index (χ3v) is 3.69. The molecular weight excluding hydrogens is 270 g/mol. The van der Waals surface area contributed by atoms with Gasteiger partial charge in [-0.1, -0.05) is 0 Å². The van der Waals surface area contributed by atoms with E-state index in [1.54, 1.807) is 37.2 Å². The zero-order valence-electron chi connectivity index (χ0n) is 12.6. The van der Waals surface area contributed by atoms with Gasteiger partial charge in [-0.15, -0.1) is 0 Å². The monoisotopic (exact) mass is 291 g/mol. The molecule has 1 saturated heterocycles. The summed E-state index contributed by atoms with van der Waals surface area (Å²) in [5, 5.41) is 0. The zero-order valence-corrected chi connectivity index (χ0v) is 12.6. The molecule has 114 valence electrons. The fourth-order valence-corrected chi connectivity index (χ4v) is 2.61. The van der Waals surface area contributed by atoms with Crippen LogP contribution in [0.3, 0.4) is 0 Å². The van der Waals surface area contributed by atoms with Crippen LogP contribution in [0.2, 0.25) is 0 Å². The van der Waals surface area contributed by atoms with Crippen molar-refractivity contribution in [2.24, 2.45) is 0 Å². The minimum Gasteiger partial charge on any atom is -0.496 e. The van der Waals surface area contributed by atoms with E-state index in [9.17, 15) is 9.59 Å². The number of benzene rings is 1. The first-order chi connectivity index (χ1) is 9.95. The summed E-state index contributed by atoms with van der Waals surface area (Å²) in [7, 11) is 4.91. The number of nitrogens with zero attached hydrogens (tertiary/aromatic N) is 2. The molecule has 1 fully saturated rings. The molecule has 21 heavy (non-hydrogen) atoms. The zero-order chi connectivity index (χ0) is 15.6. The summed E-state index contributed by atoms with van der Waals surface area (Å²) in [4.78, 5) is 28.1. The number of hydrogen-bond donors (Lipinski definition) is 1. The van der Waals surface area contributed by atoms with Crippen LogP contribution in [0.5, 0.6) is 5.75 Å². The highest BCUT2D eigenvalue weighted by Crippen LogP contribution is 2.27. The van der Waals surface area contributed by atoms with Crippen LogP contribution in [0, 0.1) is 0 Å². The third kappa shape index (κ3) is 2.94. The van der Waals surface area contributed by atoms with Gasteiger partial charge in [-0.2, -0.15) is 0 Å². The molecule has 0 radical (unpaired) electrons. The Kier molecular flexibility index (Phi) is 4.35. The predicted molar refractivity (Wildman–Crippen MR) is 80.2 cm³/mol. The van der Waals surface area contributed by atoms with E-state index < -0.39 is 6.04 Å². The molecule has 1 aliphatic rings. The Morgan fingerprint density at radius 1 is 1.38 bits per heavy atom. The highest BCUT2D eigenvalue weighted by atomic mass is 16.5. The number of nitrogen functional groups attached to an aromatic ring is 1. The molecule has 2 rings (SSSR count). The number of hydrogen-bond acceptors (Lipinski definition) is 4. The molecule has 1 unspecified atom stereocenters. The van der Waals surface area contributed by atoms with E-state index in [4.69, 9.17) is 10.5 Å². The fraction of sp³-hybridized carbons (Fsp3) is 0.467. The van der Waals surface area contributed by atoms with Crippen molar-refractivity contribution in [3.05, 3.63) is 23.8 Å². The van der Waals surface area contributed by atoms with Gasteiger partial charge in [0.2, 0.25) is 5.91 Å². The molecule has 1 aliphatic heterocycles. The number of ether oxygens (including phenoxy) is 1. The summed E-state index contributed by atoms with van der Waals surface area (Å²) < 4.78 is 5.23. The lowest BCUT2D eigenvalue weighted by molar-refractivity contribution is -0.132. The number of carbonyl (C=O) groups is 2. The van der Waals surface area contributed by atoms with Crippen molar-refractivity contribution >= 4 is 17.5 Å². The largest absolute Gasteiger partial charge is 0.496 e. The van der Waals surface area contributed by atoms with Gasteiger partial charge in [0.1, 0.15) is 11.8 Å². The quantitative estimate of drug-likeness (QED) is 0.842. The molecule has 2 amide bonds. The molecule has 0 aromatic heterocycles. The lowest BCUT2D eigenvalue weighted by Crippen LogP contribution is -2.45. The van der Waals surface area contributed by atoms with Crippen LogP contribution in [0.25, 0.3) is 0 Å². The number of likely N-dealkylation sites (N-methyl/N-ethyl adjacent to an activating group) is 1. The maximum absolute atomic E-state index is 12.7. The lowest BCUT2D eigenvalue weighted by atomic mass is 10.1. The molecular formula is C15H21N3O3. The molecule has 1 heterocycles. The summed E-state index contributed by atoms with van der Waals surface area (Å²) >= 11 is 0. The van der Waals surface area contributed by atoms with E-state index in [1.807, 2.05) is 0 Å². The van der Waals surface area contributed by atoms with E-state index in [0.29, 0.717) is 30.0 Å². The highest BCUT2D eigenvalue weighted by Gasteiger charge is 2.36. The van der Waals surface area contributed by atoms with Crippen LogP contribution >= 0.6 is 0 Å². The van der Waals surface area contributed by atoms with Gasteiger partial charge in [-0.05, 0) is 31.0 Å². The minimum absolute atomic E-state index is 0.0521. The van der Waals surface area contributed by atoms with Gasteiger partial charge in [0, 0.05) is 26.3 Å². The van der Waals surface area contributed by atoms with Crippen LogP contribution < -0.4 is 10.5 Å². The smallest absolute Gasteiger partial charge is 0.258 e. The Morgan fingerprint density at radius 2 is 2.10 bits per heavy atom. The van der Waals surface area contributed by atoms with Crippen molar-refractivity contribution in [2.75, 3.05) is 33.5 Å². The summed E-state index contributed by atoms with van der Waals surface area (Å²) in [6.07, 6.45) is 1.51. The van der Waals surface area contributed by atoms with E-state index in [1.165, 1.54) is 12.0 Å². The lowest BCUT2D eigenvalue weighted by Gasteiger charge is -2.26. The standard InChI is InChI=1S/C15H21N3O3/c1-17(2)15(20)12-5-4-8-18(12)14(19)11-9-10(16)6-7-13(11)21-3/h6-7,9,12H,4-5,8,16H2,1-3H3. The maximum atomic E-state index is 12.7. The van der Waals surface area contributed by atoms with E-state index in [0.717, 1.165) is 6.42 Å². The van der Waals surface area contributed by atoms with Crippen molar-refractivity contribution in [1.29, 1.82) is 0 Å². The number of methoxy groups -OCH3 is 1. The molecule has 1 aromatic rings.